The summed E-state index contributed by atoms with van der Waals surface area (Å²) in [5.74, 6) is 0.525. The molecule has 0 spiro atoms. The van der Waals surface area contributed by atoms with Crippen molar-refractivity contribution in [1.82, 2.24) is 0 Å². The van der Waals surface area contributed by atoms with Crippen LogP contribution in [0.1, 0.15) is 83.1 Å². The average Bonchev–Trinajstić information content (AvgIpc) is 3.30. The maximum atomic E-state index is 2.43. The number of hydrogen-bond donors (Lipinski definition) is 0. The van der Waals surface area contributed by atoms with Crippen LogP contribution in [0.4, 0.5) is 0 Å². The van der Waals surface area contributed by atoms with Gasteiger partial charge in [0.05, 0.1) is 0 Å². The second-order valence-corrected chi connectivity index (χ2v) is 11.6. The van der Waals surface area contributed by atoms with Crippen molar-refractivity contribution < 1.29 is 75.8 Å². The topological polar surface area (TPSA) is 0 Å². The van der Waals surface area contributed by atoms with Crippen molar-refractivity contribution in [2.24, 2.45) is 5.92 Å². The maximum Gasteiger partial charge on any atom is 4.00 e. The van der Waals surface area contributed by atoms with Gasteiger partial charge in [-0.15, -0.1) is 0 Å². The molecular weight excluding hydrogens is 588 g/mol. The van der Waals surface area contributed by atoms with E-state index < -0.39 is 0 Å². The monoisotopic (exact) mass is 622 g/mol. The van der Waals surface area contributed by atoms with Gasteiger partial charge in [0.15, 0.2) is 0 Å². The van der Waals surface area contributed by atoms with Crippen molar-refractivity contribution in [2.75, 3.05) is 0 Å². The molecule has 0 atom stereocenters. The average molecular weight is 626 g/mol. The molecule has 0 unspecified atom stereocenters. The summed E-state index contributed by atoms with van der Waals surface area (Å²) in [6.45, 7) is 2.40. The van der Waals surface area contributed by atoms with E-state index in [2.05, 4.69) is 61.6 Å². The molecule has 0 bridgehead atoms. The molecule has 0 radical (unpaired) electrons. The first-order valence-electron chi connectivity index (χ1n) is 11.8. The number of hydrogen-bond acceptors (Lipinski definition) is 0. The smallest absolute Gasteiger partial charge is 1.00 e. The SMILES string of the molecule is CCC(=C(c1ccccc1)P(C1CCCCC1)C1CCCCC1)C1C=CC=C1.[Cl-].[Cl-].[Cl-].[Cl-].[Zr+4]. The number of halogens is 4. The number of rotatable bonds is 6. The second-order valence-electron chi connectivity index (χ2n) is 8.88. The van der Waals surface area contributed by atoms with E-state index >= 15 is 0 Å². The summed E-state index contributed by atoms with van der Waals surface area (Å²) >= 11 is 0. The molecule has 0 amide bonds. The van der Waals surface area contributed by atoms with Gasteiger partial charge < -0.3 is 49.6 Å². The van der Waals surface area contributed by atoms with Gasteiger partial charge in [0, 0.05) is 5.92 Å². The number of allylic oxidation sites excluding steroid dienone is 5. The largest absolute Gasteiger partial charge is 4.00 e. The minimum atomic E-state index is -0.0862. The molecule has 3 aliphatic carbocycles. The summed E-state index contributed by atoms with van der Waals surface area (Å²) in [5.41, 5.74) is 5.17. The van der Waals surface area contributed by atoms with Gasteiger partial charge in [-0.05, 0) is 54.3 Å². The molecule has 6 heteroatoms. The molecule has 3 aliphatic rings. The van der Waals surface area contributed by atoms with Crippen LogP contribution in [0.5, 0.6) is 0 Å². The molecule has 2 saturated carbocycles. The molecular formula is C27H37Cl4PZr. The van der Waals surface area contributed by atoms with E-state index in [4.69, 9.17) is 0 Å². The van der Waals surface area contributed by atoms with Crippen LogP contribution in [0.15, 0.2) is 60.2 Å². The van der Waals surface area contributed by atoms with Crippen molar-refractivity contribution in [3.8, 4) is 0 Å². The van der Waals surface area contributed by atoms with Crippen molar-refractivity contribution in [3.05, 3.63) is 65.8 Å². The van der Waals surface area contributed by atoms with Crippen molar-refractivity contribution in [3.63, 3.8) is 0 Å². The van der Waals surface area contributed by atoms with E-state index in [1.165, 1.54) is 76.2 Å². The summed E-state index contributed by atoms with van der Waals surface area (Å²) in [7, 11) is -0.0862. The molecule has 0 saturated heterocycles. The first-order valence-corrected chi connectivity index (χ1v) is 13.3. The van der Waals surface area contributed by atoms with Crippen LogP contribution in [0.2, 0.25) is 0 Å². The third-order valence-corrected chi connectivity index (χ3v) is 10.7. The Hall–Kier alpha value is 0.913. The van der Waals surface area contributed by atoms with Gasteiger partial charge >= 0.3 is 26.2 Å². The van der Waals surface area contributed by atoms with Crippen molar-refractivity contribution in [2.45, 2.75) is 88.9 Å². The van der Waals surface area contributed by atoms with E-state index in [0.717, 1.165) is 11.3 Å². The Morgan fingerprint density at radius 1 is 0.727 bits per heavy atom. The Labute approximate surface area is 247 Å². The molecule has 0 N–H and O–H groups in total. The predicted molar refractivity (Wildman–Crippen MR) is 126 cm³/mol. The predicted octanol–water partition coefficient (Wildman–Crippen LogP) is -3.29. The van der Waals surface area contributed by atoms with Gasteiger partial charge in [0.1, 0.15) is 0 Å². The van der Waals surface area contributed by atoms with Gasteiger partial charge in [-0.2, -0.15) is 0 Å². The Balaban J connectivity index is 0. The molecule has 182 valence electrons. The molecule has 1 aromatic rings. The molecule has 0 nitrogen and oxygen atoms in total. The molecule has 2 fully saturated rings. The molecule has 4 rings (SSSR count). The minimum Gasteiger partial charge on any atom is -1.00 e. The minimum absolute atomic E-state index is 0. The zero-order valence-corrected chi connectivity index (χ0v) is 26.0. The van der Waals surface area contributed by atoms with Crippen LogP contribution in [0, 0.1) is 5.92 Å². The van der Waals surface area contributed by atoms with Gasteiger partial charge in [-0.1, -0.05) is 114 Å². The van der Waals surface area contributed by atoms with Crippen LogP contribution < -0.4 is 49.6 Å². The van der Waals surface area contributed by atoms with Crippen molar-refractivity contribution in [1.29, 1.82) is 0 Å². The molecule has 0 aromatic heterocycles. The van der Waals surface area contributed by atoms with E-state index in [1.807, 2.05) is 0 Å². The Kier molecular flexibility index (Phi) is 20.9. The van der Waals surface area contributed by atoms with Gasteiger partial charge in [-0.25, -0.2) is 0 Å². The van der Waals surface area contributed by atoms with Crippen LogP contribution in [-0.2, 0) is 26.2 Å². The maximum absolute atomic E-state index is 2.43. The van der Waals surface area contributed by atoms with E-state index in [0.29, 0.717) is 5.92 Å². The quantitative estimate of drug-likeness (QED) is 0.291. The summed E-state index contributed by atoms with van der Waals surface area (Å²) < 4.78 is 0. The Morgan fingerprint density at radius 3 is 1.61 bits per heavy atom. The fourth-order valence-electron chi connectivity index (χ4n) is 5.70. The standard InChI is InChI=1S/C27H37P.4ClH.Zr/c1-2-26(22-14-12-13-15-22)27(23-16-6-3-7-17-23)28(24-18-8-4-9-19-24)25-20-10-5-11-21-25;;;;;/h3,6-7,12-17,22,24-25H,2,4-5,8-11,18-21H2,1H3;4*1H;/q;;;;;+4/p-4. The van der Waals surface area contributed by atoms with E-state index in [9.17, 15) is 0 Å². The first kappa shape index (κ1) is 36.1. The van der Waals surface area contributed by atoms with Gasteiger partial charge in [0.2, 0.25) is 0 Å². The van der Waals surface area contributed by atoms with Crippen molar-refractivity contribution >= 4 is 13.2 Å². The third-order valence-electron chi connectivity index (χ3n) is 7.08. The number of benzene rings is 1. The van der Waals surface area contributed by atoms with Crippen LogP contribution in [0.25, 0.3) is 5.31 Å². The normalized spacial score (nSPS) is 19.3. The summed E-state index contributed by atoms with van der Waals surface area (Å²) in [5, 5.41) is 1.80. The molecule has 1 aromatic carbocycles. The summed E-state index contributed by atoms with van der Waals surface area (Å²) in [4.78, 5) is 0. The molecule has 0 heterocycles. The second kappa shape index (κ2) is 19.1. The fraction of sp³-hybridized carbons (Fsp3) is 0.556. The third kappa shape index (κ3) is 9.38. The van der Waals surface area contributed by atoms with E-state index in [1.54, 1.807) is 10.9 Å². The Bertz CT molecular complexity index is 693. The first-order chi connectivity index (χ1) is 13.9. The van der Waals surface area contributed by atoms with Crippen LogP contribution in [0.3, 0.4) is 0 Å². The molecule has 33 heavy (non-hydrogen) atoms. The van der Waals surface area contributed by atoms with Gasteiger partial charge in [-0.3, -0.25) is 0 Å². The zero-order valence-electron chi connectivity index (χ0n) is 19.7. The Morgan fingerprint density at radius 2 is 1.18 bits per heavy atom. The summed E-state index contributed by atoms with van der Waals surface area (Å²) in [6, 6.07) is 11.5. The summed E-state index contributed by atoms with van der Waals surface area (Å²) in [6.07, 6.45) is 25.2. The van der Waals surface area contributed by atoms with E-state index in [-0.39, 0.29) is 83.8 Å². The fourth-order valence-corrected chi connectivity index (χ4v) is 9.96. The van der Waals surface area contributed by atoms with Gasteiger partial charge in [0.25, 0.3) is 0 Å². The van der Waals surface area contributed by atoms with Crippen LogP contribution >= 0.6 is 7.92 Å². The van der Waals surface area contributed by atoms with Crippen LogP contribution in [-0.4, -0.2) is 11.3 Å². The molecule has 0 aliphatic heterocycles. The zero-order chi connectivity index (χ0) is 19.2.